The molecule has 0 aliphatic carbocycles. The fourth-order valence-electron chi connectivity index (χ4n) is 5.11. The largest absolute Gasteiger partial charge is 0.388 e. The summed E-state index contributed by atoms with van der Waals surface area (Å²) in [7, 11) is 0. The van der Waals surface area contributed by atoms with E-state index in [0.717, 1.165) is 31.8 Å². The van der Waals surface area contributed by atoms with Crippen molar-refractivity contribution in [2.75, 3.05) is 19.6 Å². The van der Waals surface area contributed by atoms with Crippen LogP contribution in [0.1, 0.15) is 67.4 Å². The number of pyridine rings is 1. The van der Waals surface area contributed by atoms with E-state index in [1.165, 1.54) is 30.4 Å². The third kappa shape index (κ3) is 7.48. The van der Waals surface area contributed by atoms with Gasteiger partial charge in [0.1, 0.15) is 0 Å². The van der Waals surface area contributed by atoms with Gasteiger partial charge < -0.3 is 10.4 Å². The van der Waals surface area contributed by atoms with E-state index in [2.05, 4.69) is 75.9 Å². The van der Waals surface area contributed by atoms with Gasteiger partial charge in [-0.1, -0.05) is 79.6 Å². The van der Waals surface area contributed by atoms with Gasteiger partial charge in [-0.05, 0) is 61.0 Å². The molecule has 1 unspecified atom stereocenters. The van der Waals surface area contributed by atoms with Gasteiger partial charge in [0.05, 0.1) is 18.6 Å². The Morgan fingerprint density at radius 2 is 1.54 bits per heavy atom. The van der Waals surface area contributed by atoms with Gasteiger partial charge in [0.25, 0.3) is 0 Å². The summed E-state index contributed by atoms with van der Waals surface area (Å²) in [6.45, 7) is 2.89. The molecule has 1 aliphatic heterocycles. The van der Waals surface area contributed by atoms with Crippen LogP contribution in [0.3, 0.4) is 0 Å². The average molecular weight is 472 g/mol. The Hall–Kier alpha value is -3.02. The van der Waals surface area contributed by atoms with E-state index in [1.54, 1.807) is 24.5 Å². The van der Waals surface area contributed by atoms with Gasteiger partial charge in [-0.3, -0.25) is 14.7 Å². The lowest BCUT2D eigenvalue weighted by atomic mass is 9.88. The Bertz CT molecular complexity index is 966. The minimum absolute atomic E-state index is 0.0775. The van der Waals surface area contributed by atoms with Crippen LogP contribution in [0, 0.1) is 5.92 Å². The van der Waals surface area contributed by atoms with Crippen molar-refractivity contribution in [2.24, 2.45) is 5.92 Å². The molecule has 4 rings (SSSR count). The van der Waals surface area contributed by atoms with E-state index in [1.807, 2.05) is 0 Å². The monoisotopic (exact) mass is 471 g/mol. The zero-order valence-electron chi connectivity index (χ0n) is 20.4. The summed E-state index contributed by atoms with van der Waals surface area (Å²) in [4.78, 5) is 18.8. The van der Waals surface area contributed by atoms with Crippen LogP contribution in [-0.2, 0) is 4.79 Å². The molecule has 0 radical (unpaired) electrons. The van der Waals surface area contributed by atoms with Crippen LogP contribution in [0.25, 0.3) is 0 Å². The van der Waals surface area contributed by atoms with Gasteiger partial charge in [-0.2, -0.15) is 0 Å². The number of unbranched alkanes of at least 4 members (excludes halogenated alkanes) is 1. The van der Waals surface area contributed by atoms with Gasteiger partial charge in [0.15, 0.2) is 0 Å². The molecular weight excluding hydrogens is 434 g/mol. The van der Waals surface area contributed by atoms with Crippen molar-refractivity contribution in [3.63, 3.8) is 0 Å². The number of aromatic nitrogens is 1. The smallest absolute Gasteiger partial charge is 0.222 e. The predicted octanol–water partition coefficient (Wildman–Crippen LogP) is 5.29. The number of hydrogen-bond acceptors (Lipinski definition) is 4. The average Bonchev–Trinajstić information content (AvgIpc) is 2.91. The summed E-state index contributed by atoms with van der Waals surface area (Å²) in [6, 6.07) is 25.6. The Morgan fingerprint density at radius 1 is 0.914 bits per heavy atom. The van der Waals surface area contributed by atoms with Crippen molar-refractivity contribution in [3.05, 3.63) is 102 Å². The highest BCUT2D eigenvalue weighted by Crippen LogP contribution is 2.33. The molecule has 0 bridgehead atoms. The maximum atomic E-state index is 12.1. The number of benzene rings is 2. The van der Waals surface area contributed by atoms with Crippen molar-refractivity contribution < 1.29 is 9.90 Å². The molecule has 1 amide bonds. The fourth-order valence-corrected chi connectivity index (χ4v) is 5.11. The first-order valence-electron chi connectivity index (χ1n) is 12.9. The molecule has 35 heavy (non-hydrogen) atoms. The number of aliphatic hydroxyl groups is 1. The van der Waals surface area contributed by atoms with Crippen molar-refractivity contribution in [1.82, 2.24) is 15.2 Å². The first kappa shape index (κ1) is 25.1. The standard InChI is InChI=1S/C30H37N3O2/c34-28(27-15-9-18-31-23-27)22-29(35)32-19-8-7-10-24-16-20-33(21-17-24)30(25-11-3-1-4-12-25)26-13-5-2-6-14-26/h1-6,9,11-15,18,23-24,28,30,34H,7-8,10,16-17,19-22H2,(H,32,35). The van der Waals surface area contributed by atoms with Crippen LogP contribution in [0.2, 0.25) is 0 Å². The van der Waals surface area contributed by atoms with Crippen molar-refractivity contribution >= 4 is 5.91 Å². The quantitative estimate of drug-likeness (QED) is 0.373. The zero-order valence-corrected chi connectivity index (χ0v) is 20.4. The van der Waals surface area contributed by atoms with Gasteiger partial charge in [-0.25, -0.2) is 0 Å². The number of nitrogens with zero attached hydrogens (tertiary/aromatic N) is 2. The summed E-state index contributed by atoms with van der Waals surface area (Å²) in [5, 5.41) is 13.1. The van der Waals surface area contributed by atoms with E-state index in [-0.39, 0.29) is 12.3 Å². The van der Waals surface area contributed by atoms with Crippen molar-refractivity contribution in [2.45, 2.75) is 50.7 Å². The van der Waals surface area contributed by atoms with Crippen LogP contribution in [0.5, 0.6) is 0 Å². The van der Waals surface area contributed by atoms with Crippen LogP contribution in [-0.4, -0.2) is 40.5 Å². The Labute approximate surface area is 209 Å². The lowest BCUT2D eigenvalue weighted by Gasteiger charge is -2.38. The summed E-state index contributed by atoms with van der Waals surface area (Å²) in [5.41, 5.74) is 3.40. The van der Waals surface area contributed by atoms with Gasteiger partial charge in [0.2, 0.25) is 5.91 Å². The third-order valence-corrected chi connectivity index (χ3v) is 7.05. The number of nitrogens with one attached hydrogen (secondary N) is 1. The molecule has 1 aromatic heterocycles. The van der Waals surface area contributed by atoms with E-state index < -0.39 is 6.10 Å². The number of piperidine rings is 1. The molecule has 2 N–H and O–H groups in total. The molecule has 1 fully saturated rings. The lowest BCUT2D eigenvalue weighted by Crippen LogP contribution is -2.37. The second-order valence-electron chi connectivity index (χ2n) is 9.56. The van der Waals surface area contributed by atoms with Gasteiger partial charge in [0, 0.05) is 18.9 Å². The highest BCUT2D eigenvalue weighted by atomic mass is 16.3. The van der Waals surface area contributed by atoms with E-state index >= 15 is 0 Å². The number of rotatable bonds is 11. The second-order valence-corrected chi connectivity index (χ2v) is 9.56. The van der Waals surface area contributed by atoms with Crippen LogP contribution in [0.4, 0.5) is 0 Å². The molecule has 0 saturated carbocycles. The summed E-state index contributed by atoms with van der Waals surface area (Å²) < 4.78 is 0. The van der Waals surface area contributed by atoms with Crippen LogP contribution < -0.4 is 5.32 Å². The third-order valence-electron chi connectivity index (χ3n) is 7.05. The Balaban J connectivity index is 1.16. The molecule has 2 heterocycles. The normalized spacial score (nSPS) is 15.7. The molecule has 1 saturated heterocycles. The molecule has 184 valence electrons. The molecule has 1 atom stereocenters. The summed E-state index contributed by atoms with van der Waals surface area (Å²) in [6.07, 6.45) is 8.29. The maximum absolute atomic E-state index is 12.1. The van der Waals surface area contributed by atoms with Crippen molar-refractivity contribution in [1.29, 1.82) is 0 Å². The number of carbonyl (C=O) groups is 1. The molecule has 5 heteroatoms. The first-order chi connectivity index (χ1) is 17.2. The number of aliphatic hydroxyl groups excluding tert-OH is 1. The van der Waals surface area contributed by atoms with Crippen LogP contribution in [0.15, 0.2) is 85.2 Å². The van der Waals surface area contributed by atoms with Crippen molar-refractivity contribution in [3.8, 4) is 0 Å². The molecule has 5 nitrogen and oxygen atoms in total. The highest BCUT2D eigenvalue weighted by molar-refractivity contribution is 5.76. The summed E-state index contributed by atoms with van der Waals surface area (Å²) in [5.74, 6) is 0.643. The number of amides is 1. The molecule has 2 aromatic carbocycles. The first-order valence-corrected chi connectivity index (χ1v) is 12.9. The molecule has 3 aromatic rings. The lowest BCUT2D eigenvalue weighted by molar-refractivity contribution is -0.123. The highest BCUT2D eigenvalue weighted by Gasteiger charge is 2.27. The predicted molar refractivity (Wildman–Crippen MR) is 140 cm³/mol. The number of likely N-dealkylation sites (tertiary alicyclic amines) is 1. The molecule has 0 spiro atoms. The maximum Gasteiger partial charge on any atom is 0.222 e. The van der Waals surface area contributed by atoms with Gasteiger partial charge in [-0.15, -0.1) is 0 Å². The second kappa shape index (κ2) is 13.2. The minimum Gasteiger partial charge on any atom is -0.388 e. The van der Waals surface area contributed by atoms with E-state index in [0.29, 0.717) is 18.2 Å². The SMILES string of the molecule is O=C(CC(O)c1cccnc1)NCCCCC1CCN(C(c2ccccc2)c2ccccc2)CC1. The molecule has 1 aliphatic rings. The van der Waals surface area contributed by atoms with E-state index in [9.17, 15) is 9.90 Å². The van der Waals surface area contributed by atoms with E-state index in [4.69, 9.17) is 0 Å². The minimum atomic E-state index is -0.801. The Kier molecular flexibility index (Phi) is 9.44. The fraction of sp³-hybridized carbons (Fsp3) is 0.400. The van der Waals surface area contributed by atoms with Gasteiger partial charge >= 0.3 is 0 Å². The number of hydrogen-bond donors (Lipinski definition) is 2. The zero-order chi connectivity index (χ0) is 24.3. The topological polar surface area (TPSA) is 65.5 Å². The summed E-state index contributed by atoms with van der Waals surface area (Å²) >= 11 is 0. The molecular formula is C30H37N3O2. The van der Waals surface area contributed by atoms with Crippen LogP contribution >= 0.6 is 0 Å². The number of carbonyl (C=O) groups excluding carboxylic acids is 1. The Morgan fingerprint density at radius 3 is 2.14 bits per heavy atom.